The molecule has 1 saturated heterocycles. The average Bonchev–Trinajstić information content (AvgIpc) is 2.85. The number of benzene rings is 1. The fourth-order valence-corrected chi connectivity index (χ4v) is 2.57. The molecule has 1 aliphatic heterocycles. The molecule has 1 aliphatic rings. The van der Waals surface area contributed by atoms with Gasteiger partial charge in [-0.15, -0.1) is 0 Å². The number of carbonyl (C=O) groups is 2. The van der Waals surface area contributed by atoms with Gasteiger partial charge in [-0.05, 0) is 31.9 Å². The first-order valence-corrected chi connectivity index (χ1v) is 6.82. The molecule has 0 aliphatic carbocycles. The van der Waals surface area contributed by atoms with Gasteiger partial charge >= 0.3 is 12.0 Å². The van der Waals surface area contributed by atoms with Crippen molar-refractivity contribution in [2.45, 2.75) is 32.2 Å². The van der Waals surface area contributed by atoms with E-state index in [1.807, 2.05) is 31.2 Å². The number of hydrogen-bond acceptors (Lipinski definition) is 2. The van der Waals surface area contributed by atoms with Gasteiger partial charge in [0.15, 0.2) is 0 Å². The highest BCUT2D eigenvalue weighted by Crippen LogP contribution is 2.23. The number of amides is 2. The molecule has 0 spiro atoms. The molecule has 1 heterocycles. The van der Waals surface area contributed by atoms with Crippen molar-refractivity contribution in [1.82, 2.24) is 4.90 Å². The van der Waals surface area contributed by atoms with E-state index in [4.69, 9.17) is 5.11 Å². The van der Waals surface area contributed by atoms with E-state index in [-0.39, 0.29) is 18.5 Å². The largest absolute Gasteiger partial charge is 0.481 e. The summed E-state index contributed by atoms with van der Waals surface area (Å²) in [5.41, 5.74) is 1.96. The Morgan fingerprint density at radius 3 is 2.60 bits per heavy atom. The summed E-state index contributed by atoms with van der Waals surface area (Å²) in [5.74, 6) is -0.854. The van der Waals surface area contributed by atoms with Crippen LogP contribution in [0, 0.1) is 6.92 Å². The molecule has 5 nitrogen and oxygen atoms in total. The Balaban J connectivity index is 2.09. The molecule has 1 aromatic carbocycles. The van der Waals surface area contributed by atoms with Crippen LogP contribution < -0.4 is 4.90 Å². The van der Waals surface area contributed by atoms with E-state index in [2.05, 4.69) is 0 Å². The van der Waals surface area contributed by atoms with Crippen molar-refractivity contribution < 1.29 is 14.7 Å². The molecule has 1 atom stereocenters. The molecule has 1 N–H and O–H groups in total. The lowest BCUT2D eigenvalue weighted by atomic mass is 10.1. The van der Waals surface area contributed by atoms with Gasteiger partial charge < -0.3 is 10.0 Å². The van der Waals surface area contributed by atoms with Crippen molar-refractivity contribution in [3.05, 3.63) is 29.8 Å². The summed E-state index contributed by atoms with van der Waals surface area (Å²) in [6, 6.07) is 7.39. The minimum Gasteiger partial charge on any atom is -0.481 e. The topological polar surface area (TPSA) is 60.9 Å². The molecule has 108 valence electrons. The van der Waals surface area contributed by atoms with Gasteiger partial charge in [0.25, 0.3) is 0 Å². The molecule has 5 heteroatoms. The third kappa shape index (κ3) is 3.10. The Bertz CT molecular complexity index is 498. The van der Waals surface area contributed by atoms with Gasteiger partial charge in [0.05, 0.1) is 6.42 Å². The smallest absolute Gasteiger partial charge is 0.324 e. The number of aryl methyl sites for hydroxylation is 1. The van der Waals surface area contributed by atoms with E-state index in [1.165, 1.54) is 0 Å². The van der Waals surface area contributed by atoms with Crippen molar-refractivity contribution in [3.63, 3.8) is 0 Å². The van der Waals surface area contributed by atoms with Crippen LogP contribution in [0.3, 0.4) is 0 Å². The SMILES string of the molecule is Cc1ccc(N(C)C(=O)N2CCCC2CC(=O)O)cc1. The van der Waals surface area contributed by atoms with E-state index in [0.717, 1.165) is 24.1 Å². The third-order valence-electron chi connectivity index (χ3n) is 3.74. The summed E-state index contributed by atoms with van der Waals surface area (Å²) < 4.78 is 0. The molecule has 0 bridgehead atoms. The van der Waals surface area contributed by atoms with Crippen molar-refractivity contribution in [2.75, 3.05) is 18.5 Å². The van der Waals surface area contributed by atoms with Crippen LogP contribution >= 0.6 is 0 Å². The first kappa shape index (κ1) is 14.4. The fourth-order valence-electron chi connectivity index (χ4n) is 2.57. The standard InChI is InChI=1S/C15H20N2O3/c1-11-5-7-12(8-6-11)16(2)15(20)17-9-3-4-13(17)10-14(18)19/h5-8,13H,3-4,9-10H2,1-2H3,(H,18,19). The summed E-state index contributed by atoms with van der Waals surface area (Å²) in [7, 11) is 1.73. The first-order chi connectivity index (χ1) is 9.49. The Hall–Kier alpha value is -2.04. The zero-order valence-electron chi connectivity index (χ0n) is 11.9. The summed E-state index contributed by atoms with van der Waals surface area (Å²) >= 11 is 0. The van der Waals surface area contributed by atoms with E-state index in [0.29, 0.717) is 6.54 Å². The van der Waals surface area contributed by atoms with Crippen molar-refractivity contribution >= 4 is 17.7 Å². The predicted octanol–water partition coefficient (Wildman–Crippen LogP) is 2.49. The highest BCUT2D eigenvalue weighted by molar-refractivity contribution is 5.92. The second-order valence-electron chi connectivity index (χ2n) is 5.26. The predicted molar refractivity (Wildman–Crippen MR) is 77.0 cm³/mol. The molecular weight excluding hydrogens is 256 g/mol. The first-order valence-electron chi connectivity index (χ1n) is 6.82. The number of carbonyl (C=O) groups excluding carboxylic acids is 1. The van der Waals surface area contributed by atoms with Gasteiger partial charge in [-0.1, -0.05) is 17.7 Å². The Morgan fingerprint density at radius 2 is 2.00 bits per heavy atom. The Labute approximate surface area is 118 Å². The molecule has 20 heavy (non-hydrogen) atoms. The van der Waals surface area contributed by atoms with Crippen LogP contribution in [0.25, 0.3) is 0 Å². The number of aliphatic carboxylic acids is 1. The minimum absolute atomic E-state index is 0.0213. The molecule has 2 rings (SSSR count). The van der Waals surface area contributed by atoms with Gasteiger partial charge in [0.1, 0.15) is 0 Å². The molecule has 0 aromatic heterocycles. The zero-order valence-corrected chi connectivity index (χ0v) is 11.9. The highest BCUT2D eigenvalue weighted by atomic mass is 16.4. The lowest BCUT2D eigenvalue weighted by molar-refractivity contribution is -0.137. The van der Waals surface area contributed by atoms with Crippen LogP contribution in [0.4, 0.5) is 10.5 Å². The van der Waals surface area contributed by atoms with Crippen LogP contribution in [0.15, 0.2) is 24.3 Å². The van der Waals surface area contributed by atoms with Crippen molar-refractivity contribution in [1.29, 1.82) is 0 Å². The number of carboxylic acid groups (broad SMARTS) is 1. The molecule has 1 unspecified atom stereocenters. The van der Waals surface area contributed by atoms with Crippen molar-refractivity contribution in [2.24, 2.45) is 0 Å². The normalized spacial score (nSPS) is 18.1. The Morgan fingerprint density at radius 1 is 1.35 bits per heavy atom. The lowest BCUT2D eigenvalue weighted by Gasteiger charge is -2.29. The monoisotopic (exact) mass is 276 g/mol. The average molecular weight is 276 g/mol. The zero-order chi connectivity index (χ0) is 14.7. The van der Waals surface area contributed by atoms with Gasteiger partial charge in [0.2, 0.25) is 0 Å². The molecular formula is C15H20N2O3. The van der Waals surface area contributed by atoms with E-state index in [1.54, 1.807) is 16.8 Å². The lowest BCUT2D eigenvalue weighted by Crippen LogP contribution is -2.44. The maximum atomic E-state index is 12.5. The van der Waals surface area contributed by atoms with E-state index >= 15 is 0 Å². The quantitative estimate of drug-likeness (QED) is 0.922. The molecule has 2 amide bonds. The minimum atomic E-state index is -0.854. The second kappa shape index (κ2) is 5.94. The number of likely N-dealkylation sites (tertiary alicyclic amines) is 1. The molecule has 1 aromatic rings. The summed E-state index contributed by atoms with van der Waals surface area (Å²) in [6.07, 6.45) is 1.65. The van der Waals surface area contributed by atoms with Crippen LogP contribution in [0.2, 0.25) is 0 Å². The summed E-state index contributed by atoms with van der Waals surface area (Å²) in [4.78, 5) is 26.6. The maximum absolute atomic E-state index is 12.5. The van der Waals surface area contributed by atoms with Crippen LogP contribution in [-0.2, 0) is 4.79 Å². The molecule has 1 fully saturated rings. The summed E-state index contributed by atoms with van der Waals surface area (Å²) in [5, 5.41) is 8.91. The van der Waals surface area contributed by atoms with E-state index in [9.17, 15) is 9.59 Å². The molecule has 0 saturated carbocycles. The number of nitrogens with zero attached hydrogens (tertiary/aromatic N) is 2. The van der Waals surface area contributed by atoms with Crippen molar-refractivity contribution in [3.8, 4) is 0 Å². The Kier molecular flexibility index (Phi) is 4.27. The fraction of sp³-hybridized carbons (Fsp3) is 0.467. The second-order valence-corrected chi connectivity index (χ2v) is 5.26. The third-order valence-corrected chi connectivity index (χ3v) is 3.74. The van der Waals surface area contributed by atoms with Crippen LogP contribution in [-0.4, -0.2) is 41.6 Å². The number of urea groups is 1. The van der Waals surface area contributed by atoms with Gasteiger partial charge in [-0.3, -0.25) is 9.69 Å². The van der Waals surface area contributed by atoms with Crippen LogP contribution in [0.1, 0.15) is 24.8 Å². The summed E-state index contributed by atoms with van der Waals surface area (Å²) in [6.45, 7) is 2.63. The molecule has 0 radical (unpaired) electrons. The number of hydrogen-bond donors (Lipinski definition) is 1. The number of anilines is 1. The number of carboxylic acids is 1. The van der Waals surface area contributed by atoms with Crippen LogP contribution in [0.5, 0.6) is 0 Å². The maximum Gasteiger partial charge on any atom is 0.324 e. The van der Waals surface area contributed by atoms with Gasteiger partial charge in [0, 0.05) is 25.3 Å². The van der Waals surface area contributed by atoms with Gasteiger partial charge in [-0.25, -0.2) is 4.79 Å². The van der Waals surface area contributed by atoms with E-state index < -0.39 is 5.97 Å². The van der Waals surface area contributed by atoms with Gasteiger partial charge in [-0.2, -0.15) is 0 Å². The number of rotatable bonds is 3. The highest BCUT2D eigenvalue weighted by Gasteiger charge is 2.32.